The van der Waals surface area contributed by atoms with Crippen LogP contribution in [0.2, 0.25) is 10.6 Å². The van der Waals surface area contributed by atoms with Crippen molar-refractivity contribution in [1.82, 2.24) is 15.0 Å². The fraction of sp³-hybridized carbons (Fsp3) is 0.727. The van der Waals surface area contributed by atoms with Gasteiger partial charge in [-0.3, -0.25) is 0 Å². The zero-order chi connectivity index (χ0) is 12.5. The van der Waals surface area contributed by atoms with Crippen LogP contribution in [0.5, 0.6) is 6.01 Å². The lowest BCUT2D eigenvalue weighted by Gasteiger charge is -2.33. The Kier molecular flexibility index (Phi) is 3.73. The number of aromatic nitrogens is 3. The summed E-state index contributed by atoms with van der Waals surface area (Å²) in [5.74, 6) is 0. The molecule has 0 amide bonds. The molecule has 1 aromatic rings. The van der Waals surface area contributed by atoms with Crippen LogP contribution in [-0.4, -0.2) is 21.1 Å². The summed E-state index contributed by atoms with van der Waals surface area (Å²) in [6, 6.07) is 0.222. The monoisotopic (exact) mass is 275 g/mol. The molecule has 2 rings (SSSR count). The fourth-order valence-electron chi connectivity index (χ4n) is 2.00. The van der Waals surface area contributed by atoms with Gasteiger partial charge >= 0.3 is 6.01 Å². The van der Waals surface area contributed by atoms with Gasteiger partial charge in [-0.2, -0.15) is 15.0 Å². The second kappa shape index (κ2) is 4.94. The number of nitrogens with zero attached hydrogens (tertiary/aromatic N) is 3. The second-order valence-corrected chi connectivity index (χ2v) is 5.81. The molecule has 0 aromatic carbocycles. The first-order valence-electron chi connectivity index (χ1n) is 5.68. The van der Waals surface area contributed by atoms with Crippen LogP contribution in [0.15, 0.2) is 0 Å². The van der Waals surface area contributed by atoms with Crippen molar-refractivity contribution >= 4 is 23.2 Å². The topological polar surface area (TPSA) is 47.9 Å². The molecule has 94 valence electrons. The third-order valence-electron chi connectivity index (χ3n) is 3.12. The molecular formula is C11H15Cl2N3O. The van der Waals surface area contributed by atoms with Crippen LogP contribution in [0.3, 0.4) is 0 Å². The highest BCUT2D eigenvalue weighted by atomic mass is 35.5. The van der Waals surface area contributed by atoms with E-state index in [1.165, 1.54) is 0 Å². The molecule has 1 heterocycles. The zero-order valence-electron chi connectivity index (χ0n) is 9.91. The molecule has 17 heavy (non-hydrogen) atoms. The Balaban J connectivity index is 1.97. The molecule has 0 N–H and O–H groups in total. The minimum atomic E-state index is 0.0659. The maximum atomic E-state index is 5.69. The molecule has 1 aliphatic rings. The molecule has 0 aliphatic heterocycles. The molecule has 0 radical (unpaired) electrons. The summed E-state index contributed by atoms with van der Waals surface area (Å²) >= 11 is 11.4. The maximum absolute atomic E-state index is 5.69. The summed E-state index contributed by atoms with van der Waals surface area (Å²) in [6.45, 7) is 4.56. The van der Waals surface area contributed by atoms with E-state index in [2.05, 4.69) is 28.8 Å². The van der Waals surface area contributed by atoms with Crippen molar-refractivity contribution in [3.8, 4) is 6.01 Å². The molecule has 1 aromatic heterocycles. The summed E-state index contributed by atoms with van der Waals surface area (Å²) in [5.41, 5.74) is 0.411. The molecule has 1 saturated carbocycles. The quantitative estimate of drug-likeness (QED) is 0.829. The van der Waals surface area contributed by atoms with E-state index in [0.717, 1.165) is 25.7 Å². The third kappa shape index (κ3) is 3.68. The van der Waals surface area contributed by atoms with Gasteiger partial charge in [0, 0.05) is 0 Å². The highest BCUT2D eigenvalue weighted by Crippen LogP contribution is 2.36. The van der Waals surface area contributed by atoms with Crippen molar-refractivity contribution in [2.24, 2.45) is 5.41 Å². The number of halogens is 2. The lowest BCUT2D eigenvalue weighted by Crippen LogP contribution is -2.28. The predicted octanol–water partition coefficient (Wildman–Crippen LogP) is 3.53. The first-order chi connectivity index (χ1) is 7.94. The Labute approximate surface area is 111 Å². The van der Waals surface area contributed by atoms with Gasteiger partial charge in [0.15, 0.2) is 0 Å². The highest BCUT2D eigenvalue weighted by Gasteiger charge is 2.28. The maximum Gasteiger partial charge on any atom is 0.322 e. The molecular weight excluding hydrogens is 261 g/mol. The Bertz CT molecular complexity index is 381. The van der Waals surface area contributed by atoms with Gasteiger partial charge in [-0.15, -0.1) is 0 Å². The third-order valence-corrected chi connectivity index (χ3v) is 3.46. The first-order valence-corrected chi connectivity index (χ1v) is 6.44. The van der Waals surface area contributed by atoms with E-state index < -0.39 is 0 Å². The van der Waals surface area contributed by atoms with Gasteiger partial charge in [0.2, 0.25) is 10.6 Å². The van der Waals surface area contributed by atoms with Gasteiger partial charge < -0.3 is 4.74 Å². The average Bonchev–Trinajstić information content (AvgIpc) is 2.20. The van der Waals surface area contributed by atoms with Crippen molar-refractivity contribution in [2.75, 3.05) is 0 Å². The van der Waals surface area contributed by atoms with Crippen molar-refractivity contribution in [1.29, 1.82) is 0 Å². The molecule has 6 heteroatoms. The summed E-state index contributed by atoms with van der Waals surface area (Å²) in [4.78, 5) is 11.5. The van der Waals surface area contributed by atoms with Crippen molar-refractivity contribution < 1.29 is 4.74 Å². The van der Waals surface area contributed by atoms with E-state index in [9.17, 15) is 0 Å². The van der Waals surface area contributed by atoms with Crippen LogP contribution < -0.4 is 4.74 Å². The molecule has 1 fully saturated rings. The number of ether oxygens (including phenoxy) is 1. The number of rotatable bonds is 2. The molecule has 0 unspecified atom stereocenters. The summed E-state index contributed by atoms with van der Waals surface area (Å²) in [5, 5.41) is 0.132. The molecule has 0 saturated heterocycles. The molecule has 0 atom stereocenters. The van der Waals surface area contributed by atoms with Gasteiger partial charge in [-0.05, 0) is 54.3 Å². The Morgan fingerprint density at radius 3 is 2.12 bits per heavy atom. The summed E-state index contributed by atoms with van der Waals surface area (Å²) < 4.78 is 5.68. The average molecular weight is 276 g/mol. The van der Waals surface area contributed by atoms with Crippen molar-refractivity contribution in [2.45, 2.75) is 45.6 Å². The molecule has 1 aliphatic carbocycles. The molecule has 0 bridgehead atoms. The Morgan fingerprint density at radius 1 is 1.06 bits per heavy atom. The second-order valence-electron chi connectivity index (χ2n) is 5.14. The van der Waals surface area contributed by atoms with E-state index >= 15 is 0 Å². The van der Waals surface area contributed by atoms with Crippen LogP contribution in [0.1, 0.15) is 39.5 Å². The lowest BCUT2D eigenvalue weighted by atomic mass is 9.76. The van der Waals surface area contributed by atoms with E-state index in [-0.39, 0.29) is 22.7 Å². The van der Waals surface area contributed by atoms with Crippen LogP contribution in [0, 0.1) is 5.41 Å². The predicted molar refractivity (Wildman–Crippen MR) is 66.5 cm³/mol. The van der Waals surface area contributed by atoms with Crippen LogP contribution in [-0.2, 0) is 0 Å². The highest BCUT2D eigenvalue weighted by molar-refractivity contribution is 6.31. The molecule has 4 nitrogen and oxygen atoms in total. The SMILES string of the molecule is CC1(C)CCC(Oc2nc(Cl)nc(Cl)n2)CC1. The lowest BCUT2D eigenvalue weighted by molar-refractivity contribution is 0.0904. The van der Waals surface area contributed by atoms with E-state index in [1.54, 1.807) is 0 Å². The van der Waals surface area contributed by atoms with Gasteiger partial charge in [-0.25, -0.2) is 0 Å². The van der Waals surface area contributed by atoms with E-state index in [4.69, 9.17) is 27.9 Å². The standard InChI is InChI=1S/C11H15Cl2N3O/c1-11(2)5-3-7(4-6-11)17-10-15-8(12)14-9(13)16-10/h7H,3-6H2,1-2H3. The summed E-state index contributed by atoms with van der Waals surface area (Å²) in [7, 11) is 0. The normalized spacial score (nSPS) is 20.2. The van der Waals surface area contributed by atoms with Gasteiger partial charge in [0.05, 0.1) is 0 Å². The number of hydrogen-bond donors (Lipinski definition) is 0. The Hall–Kier alpha value is -0.610. The van der Waals surface area contributed by atoms with Crippen molar-refractivity contribution in [3.63, 3.8) is 0 Å². The minimum Gasteiger partial charge on any atom is -0.460 e. The van der Waals surface area contributed by atoms with Gasteiger partial charge in [0.1, 0.15) is 6.10 Å². The minimum absolute atomic E-state index is 0.0659. The zero-order valence-corrected chi connectivity index (χ0v) is 11.4. The van der Waals surface area contributed by atoms with Gasteiger partial charge in [0.25, 0.3) is 0 Å². The largest absolute Gasteiger partial charge is 0.460 e. The van der Waals surface area contributed by atoms with Crippen LogP contribution in [0.4, 0.5) is 0 Å². The van der Waals surface area contributed by atoms with Crippen molar-refractivity contribution in [3.05, 3.63) is 10.6 Å². The van der Waals surface area contributed by atoms with Gasteiger partial charge in [-0.1, -0.05) is 13.8 Å². The summed E-state index contributed by atoms with van der Waals surface area (Å²) in [6.07, 6.45) is 4.45. The first kappa shape index (κ1) is 12.8. The van der Waals surface area contributed by atoms with E-state index in [1.807, 2.05) is 0 Å². The number of hydrogen-bond acceptors (Lipinski definition) is 4. The Morgan fingerprint density at radius 2 is 1.59 bits per heavy atom. The van der Waals surface area contributed by atoms with E-state index in [0.29, 0.717) is 5.41 Å². The van der Waals surface area contributed by atoms with Crippen LogP contribution >= 0.6 is 23.2 Å². The fourth-order valence-corrected chi connectivity index (χ4v) is 2.35. The van der Waals surface area contributed by atoms with Crippen LogP contribution in [0.25, 0.3) is 0 Å². The smallest absolute Gasteiger partial charge is 0.322 e. The molecule has 0 spiro atoms.